The highest BCUT2D eigenvalue weighted by molar-refractivity contribution is 7.21. The first-order chi connectivity index (χ1) is 12.7. The highest BCUT2D eigenvalue weighted by atomic mass is 32.1. The molecule has 3 aromatic rings. The van der Waals surface area contributed by atoms with Crippen molar-refractivity contribution < 1.29 is 9.53 Å². The predicted molar refractivity (Wildman–Crippen MR) is 103 cm³/mol. The molecule has 0 amide bonds. The van der Waals surface area contributed by atoms with Crippen molar-refractivity contribution in [2.75, 3.05) is 6.61 Å². The predicted octanol–water partition coefficient (Wildman–Crippen LogP) is 3.99. The minimum Gasteiger partial charge on any atom is -0.466 e. The third-order valence-electron chi connectivity index (χ3n) is 3.92. The Hall–Kier alpha value is -2.60. The van der Waals surface area contributed by atoms with Crippen LogP contribution in [0.25, 0.3) is 20.8 Å². The third kappa shape index (κ3) is 4.52. The Morgan fingerprint density at radius 3 is 2.77 bits per heavy atom. The molecule has 2 heterocycles. The van der Waals surface area contributed by atoms with Crippen LogP contribution in [0.2, 0.25) is 0 Å². The van der Waals surface area contributed by atoms with E-state index in [4.69, 9.17) is 4.74 Å². The maximum absolute atomic E-state index is 12.2. The molecule has 6 heteroatoms. The second-order valence-electron chi connectivity index (χ2n) is 5.85. The topological polar surface area (TPSA) is 69.2 Å². The monoisotopic (exact) mass is 368 g/mol. The molecule has 3 rings (SSSR count). The zero-order valence-corrected chi connectivity index (χ0v) is 15.4. The average molecular weight is 368 g/mol. The van der Waals surface area contributed by atoms with Crippen LogP contribution < -0.4 is 5.56 Å². The van der Waals surface area contributed by atoms with E-state index in [2.05, 4.69) is 9.97 Å². The molecule has 134 valence electrons. The van der Waals surface area contributed by atoms with Gasteiger partial charge in [-0.2, -0.15) is 4.98 Å². The number of nitrogens with zero attached hydrogens (tertiary/aromatic N) is 2. The molecule has 1 aromatic carbocycles. The molecule has 0 aliphatic carbocycles. The van der Waals surface area contributed by atoms with Gasteiger partial charge in [-0.1, -0.05) is 18.2 Å². The van der Waals surface area contributed by atoms with Crippen molar-refractivity contribution >= 4 is 27.4 Å². The fourth-order valence-corrected chi connectivity index (χ4v) is 3.63. The van der Waals surface area contributed by atoms with E-state index in [0.717, 1.165) is 29.7 Å². The molecule has 2 aromatic heterocycles. The van der Waals surface area contributed by atoms with Gasteiger partial charge in [0.2, 0.25) is 0 Å². The van der Waals surface area contributed by atoms with Gasteiger partial charge in [0.25, 0.3) is 5.56 Å². The molecule has 0 aliphatic heterocycles. The van der Waals surface area contributed by atoms with Crippen LogP contribution >= 0.6 is 11.3 Å². The van der Waals surface area contributed by atoms with Crippen molar-refractivity contribution in [1.82, 2.24) is 9.97 Å². The number of carbonyl (C=O) groups is 1. The van der Waals surface area contributed by atoms with E-state index in [1.807, 2.05) is 43.3 Å². The van der Waals surface area contributed by atoms with Crippen molar-refractivity contribution in [3.8, 4) is 10.7 Å². The molecule has 0 bridgehead atoms. The van der Waals surface area contributed by atoms with Gasteiger partial charge in [-0.15, -0.1) is 11.3 Å². The Morgan fingerprint density at radius 1 is 1.08 bits per heavy atom. The van der Waals surface area contributed by atoms with E-state index in [-0.39, 0.29) is 11.5 Å². The van der Waals surface area contributed by atoms with Crippen LogP contribution in [0.15, 0.2) is 47.3 Å². The first kappa shape index (κ1) is 18.2. The molecule has 0 saturated carbocycles. The van der Waals surface area contributed by atoms with Gasteiger partial charge in [-0.05, 0) is 50.5 Å². The number of aromatic nitrogens is 2. The van der Waals surface area contributed by atoms with Gasteiger partial charge in [0.05, 0.1) is 17.7 Å². The van der Waals surface area contributed by atoms with Crippen molar-refractivity contribution in [1.29, 1.82) is 0 Å². The summed E-state index contributed by atoms with van der Waals surface area (Å²) in [6.07, 6.45) is 2.83. The lowest BCUT2D eigenvalue weighted by Gasteiger charge is -2.05. The van der Waals surface area contributed by atoms with Crippen LogP contribution in [0.5, 0.6) is 0 Å². The van der Waals surface area contributed by atoms with E-state index >= 15 is 0 Å². The second kappa shape index (κ2) is 8.67. The SMILES string of the molecule is CCOC(=O)CCCCc1cccc(-c2nc(=O)c3ccccc3s2)n1. The van der Waals surface area contributed by atoms with Crippen LogP contribution in [-0.4, -0.2) is 22.5 Å². The molecule has 0 N–H and O–H groups in total. The molecule has 0 aliphatic rings. The fourth-order valence-electron chi connectivity index (χ4n) is 2.67. The average Bonchev–Trinajstić information content (AvgIpc) is 2.66. The molecule has 0 radical (unpaired) electrons. The number of aryl methyl sites for hydroxylation is 1. The van der Waals surface area contributed by atoms with Crippen molar-refractivity contribution in [3.63, 3.8) is 0 Å². The number of esters is 1. The summed E-state index contributed by atoms with van der Waals surface area (Å²) in [4.78, 5) is 32.4. The summed E-state index contributed by atoms with van der Waals surface area (Å²) in [7, 11) is 0. The highest BCUT2D eigenvalue weighted by Gasteiger charge is 2.09. The smallest absolute Gasteiger partial charge is 0.305 e. The zero-order chi connectivity index (χ0) is 18.4. The molecule has 5 nitrogen and oxygen atoms in total. The summed E-state index contributed by atoms with van der Waals surface area (Å²) >= 11 is 1.47. The van der Waals surface area contributed by atoms with Crippen molar-refractivity contribution in [2.45, 2.75) is 32.6 Å². The molecule has 0 saturated heterocycles. The van der Waals surface area contributed by atoms with Crippen LogP contribution in [0.4, 0.5) is 0 Å². The maximum Gasteiger partial charge on any atom is 0.305 e. The standard InChI is InChI=1S/C20H20N2O3S/c1-2-25-18(23)13-6-3-8-14-9-7-11-16(21-14)20-22-19(24)15-10-4-5-12-17(15)26-20/h4-5,7,9-12H,2-3,6,8,13H2,1H3. The number of rotatable bonds is 7. The van der Waals surface area contributed by atoms with E-state index in [1.54, 1.807) is 6.07 Å². The van der Waals surface area contributed by atoms with Gasteiger partial charge < -0.3 is 4.74 Å². The summed E-state index contributed by atoms with van der Waals surface area (Å²) in [5.74, 6) is -0.153. The number of ether oxygens (including phenoxy) is 1. The number of carbonyl (C=O) groups excluding carboxylic acids is 1. The fraction of sp³-hybridized carbons (Fsp3) is 0.300. The molecular weight excluding hydrogens is 348 g/mol. The normalized spacial score (nSPS) is 10.8. The Kier molecular flexibility index (Phi) is 6.07. The van der Waals surface area contributed by atoms with Gasteiger partial charge in [-0.3, -0.25) is 14.6 Å². The Labute approximate surface area is 155 Å². The molecule has 0 fully saturated rings. The minimum absolute atomic E-state index is 0.153. The number of pyridine rings is 1. The van der Waals surface area contributed by atoms with Crippen molar-refractivity contribution in [2.24, 2.45) is 0 Å². The Balaban J connectivity index is 1.71. The third-order valence-corrected chi connectivity index (χ3v) is 4.99. The lowest BCUT2D eigenvalue weighted by molar-refractivity contribution is -0.143. The van der Waals surface area contributed by atoms with Gasteiger partial charge in [0.1, 0.15) is 5.01 Å². The first-order valence-corrected chi connectivity index (χ1v) is 9.51. The van der Waals surface area contributed by atoms with Crippen molar-refractivity contribution in [3.05, 3.63) is 58.5 Å². The maximum atomic E-state index is 12.2. The molecular formula is C20H20N2O3S. The minimum atomic E-state index is -0.226. The Morgan fingerprint density at radius 2 is 1.92 bits per heavy atom. The summed E-state index contributed by atoms with van der Waals surface area (Å²) in [6.45, 7) is 2.23. The number of hydrogen-bond donors (Lipinski definition) is 0. The van der Waals surface area contributed by atoms with E-state index in [9.17, 15) is 9.59 Å². The number of fused-ring (bicyclic) bond motifs is 1. The number of unbranched alkanes of at least 4 members (excludes halogenated alkanes) is 1. The van der Waals surface area contributed by atoms with Crippen LogP contribution in [0.3, 0.4) is 0 Å². The summed E-state index contributed by atoms with van der Waals surface area (Å²) < 4.78 is 5.83. The molecule has 0 spiro atoms. The van der Waals surface area contributed by atoms with Crippen LogP contribution in [0, 0.1) is 0 Å². The largest absolute Gasteiger partial charge is 0.466 e. The summed E-state index contributed by atoms with van der Waals surface area (Å²) in [5.41, 5.74) is 1.41. The van der Waals surface area contributed by atoms with Gasteiger partial charge in [0, 0.05) is 16.8 Å². The zero-order valence-electron chi connectivity index (χ0n) is 14.6. The number of benzene rings is 1. The van der Waals surface area contributed by atoms with Gasteiger partial charge in [-0.25, -0.2) is 0 Å². The van der Waals surface area contributed by atoms with E-state index < -0.39 is 0 Å². The lowest BCUT2D eigenvalue weighted by Crippen LogP contribution is -2.06. The summed E-state index contributed by atoms with van der Waals surface area (Å²) in [5, 5.41) is 1.26. The Bertz CT molecular complexity index is 968. The number of hydrogen-bond acceptors (Lipinski definition) is 6. The van der Waals surface area contributed by atoms with Gasteiger partial charge >= 0.3 is 5.97 Å². The second-order valence-corrected chi connectivity index (χ2v) is 6.88. The molecule has 0 unspecified atom stereocenters. The summed E-state index contributed by atoms with van der Waals surface area (Å²) in [6, 6.07) is 13.2. The molecule has 0 atom stereocenters. The molecule has 26 heavy (non-hydrogen) atoms. The van der Waals surface area contributed by atoms with Gasteiger partial charge in [0.15, 0.2) is 0 Å². The quantitative estimate of drug-likeness (QED) is 0.466. The first-order valence-electron chi connectivity index (χ1n) is 8.69. The van der Waals surface area contributed by atoms with E-state index in [1.165, 1.54) is 11.3 Å². The van der Waals surface area contributed by atoms with Crippen LogP contribution in [0.1, 0.15) is 31.9 Å². The van der Waals surface area contributed by atoms with Crippen LogP contribution in [-0.2, 0) is 16.0 Å². The lowest BCUT2D eigenvalue weighted by atomic mass is 10.1. The van der Waals surface area contributed by atoms with E-state index in [0.29, 0.717) is 29.1 Å². The highest BCUT2D eigenvalue weighted by Crippen LogP contribution is 2.24.